The lowest BCUT2D eigenvalue weighted by Gasteiger charge is -2.13. The van der Waals surface area contributed by atoms with E-state index in [9.17, 15) is 37.7 Å². The van der Waals surface area contributed by atoms with Crippen molar-refractivity contribution in [3.63, 3.8) is 0 Å². The van der Waals surface area contributed by atoms with Crippen LogP contribution in [0.15, 0.2) is 36.4 Å². The van der Waals surface area contributed by atoms with Gasteiger partial charge in [0.2, 0.25) is 0 Å². The number of ketones is 2. The number of Topliss-reactive ketones (excluding diaryl/α,β-unsaturated/α-hetero) is 2. The van der Waals surface area contributed by atoms with Gasteiger partial charge in [0.05, 0.1) is 28.2 Å². The predicted molar refractivity (Wildman–Crippen MR) is 109 cm³/mol. The molecule has 1 unspecified atom stereocenters. The van der Waals surface area contributed by atoms with Crippen LogP contribution in [0.5, 0.6) is 11.5 Å². The van der Waals surface area contributed by atoms with Crippen LogP contribution in [0.4, 0.5) is 18.9 Å². The summed E-state index contributed by atoms with van der Waals surface area (Å²) in [5.41, 5.74) is -1.93. The number of halogens is 4. The van der Waals surface area contributed by atoms with Gasteiger partial charge in [-0.25, -0.2) is 0 Å². The van der Waals surface area contributed by atoms with Crippen molar-refractivity contribution in [1.82, 2.24) is 0 Å². The highest BCUT2D eigenvalue weighted by atomic mass is 35.5. The smallest absolute Gasteiger partial charge is 0.416 e. The average Bonchev–Trinajstić information content (AvgIpc) is 2.73. The lowest BCUT2D eigenvalue weighted by molar-refractivity contribution is -0.385. The van der Waals surface area contributed by atoms with Crippen LogP contribution in [0.3, 0.4) is 0 Å². The molecule has 33 heavy (non-hydrogen) atoms. The Bertz CT molecular complexity index is 1100. The van der Waals surface area contributed by atoms with Crippen molar-refractivity contribution in [1.29, 1.82) is 0 Å². The summed E-state index contributed by atoms with van der Waals surface area (Å²) in [5, 5.41) is 11.0. The Morgan fingerprint density at radius 1 is 1.15 bits per heavy atom. The monoisotopic (exact) mass is 487 g/mol. The van der Waals surface area contributed by atoms with Gasteiger partial charge in [-0.1, -0.05) is 18.5 Å². The Balaban J connectivity index is 2.29. The number of ether oxygens (including phenoxy) is 2. The van der Waals surface area contributed by atoms with Gasteiger partial charge >= 0.3 is 12.1 Å². The summed E-state index contributed by atoms with van der Waals surface area (Å²) in [5.74, 6) is -3.32. The first-order valence-electron chi connectivity index (χ1n) is 9.29. The van der Waals surface area contributed by atoms with Crippen LogP contribution in [0.2, 0.25) is 5.02 Å². The highest BCUT2D eigenvalue weighted by Crippen LogP contribution is 2.37. The lowest BCUT2D eigenvalue weighted by Crippen LogP contribution is -2.20. The lowest BCUT2D eigenvalue weighted by atomic mass is 9.94. The Hall–Kier alpha value is -3.47. The molecule has 0 aliphatic rings. The highest BCUT2D eigenvalue weighted by molar-refractivity contribution is 6.32. The zero-order valence-corrected chi connectivity index (χ0v) is 18.0. The first kappa shape index (κ1) is 25.8. The number of esters is 1. The van der Waals surface area contributed by atoms with E-state index < -0.39 is 58.6 Å². The van der Waals surface area contributed by atoms with Crippen molar-refractivity contribution in [3.05, 3.63) is 62.7 Å². The van der Waals surface area contributed by atoms with Gasteiger partial charge in [-0.15, -0.1) is 0 Å². The van der Waals surface area contributed by atoms with Crippen LogP contribution < -0.4 is 4.74 Å². The molecule has 0 radical (unpaired) electrons. The number of carbonyl (C=O) groups excluding carboxylic acids is 3. The summed E-state index contributed by atoms with van der Waals surface area (Å²) in [6.07, 6.45) is -5.60. The van der Waals surface area contributed by atoms with E-state index in [2.05, 4.69) is 4.74 Å². The number of nitro groups is 1. The summed E-state index contributed by atoms with van der Waals surface area (Å²) in [6, 6.07) is 5.54. The molecule has 0 spiro atoms. The molecule has 0 aromatic heterocycles. The zero-order chi connectivity index (χ0) is 24.9. The van der Waals surface area contributed by atoms with E-state index in [0.717, 1.165) is 37.4 Å². The first-order chi connectivity index (χ1) is 15.3. The molecule has 0 aliphatic heterocycles. The normalized spacial score (nSPS) is 12.1. The Kier molecular flexibility index (Phi) is 8.15. The van der Waals surface area contributed by atoms with Crippen LogP contribution in [-0.4, -0.2) is 29.6 Å². The van der Waals surface area contributed by atoms with Crippen molar-refractivity contribution in [2.24, 2.45) is 5.92 Å². The highest BCUT2D eigenvalue weighted by Gasteiger charge is 2.31. The molecule has 0 fully saturated rings. The largest absolute Gasteiger partial charge is 0.469 e. The van der Waals surface area contributed by atoms with E-state index in [0.29, 0.717) is 6.07 Å². The van der Waals surface area contributed by atoms with E-state index in [1.165, 1.54) is 6.92 Å². The number of rotatable bonds is 9. The molecule has 2 aromatic carbocycles. The maximum Gasteiger partial charge on any atom is 0.416 e. The third kappa shape index (κ3) is 6.75. The number of alkyl halides is 3. The Morgan fingerprint density at radius 2 is 1.82 bits per heavy atom. The molecule has 0 heterocycles. The fraction of sp³-hybridized carbons (Fsp3) is 0.286. The van der Waals surface area contributed by atoms with Crippen LogP contribution in [0.1, 0.15) is 35.7 Å². The molecule has 1 atom stereocenters. The number of hydrogen-bond donors (Lipinski definition) is 0. The van der Waals surface area contributed by atoms with E-state index in [4.69, 9.17) is 16.3 Å². The molecule has 2 rings (SSSR count). The van der Waals surface area contributed by atoms with Crippen LogP contribution >= 0.6 is 11.6 Å². The summed E-state index contributed by atoms with van der Waals surface area (Å²) < 4.78 is 48.2. The van der Waals surface area contributed by atoms with E-state index >= 15 is 0 Å². The van der Waals surface area contributed by atoms with Crippen molar-refractivity contribution >= 4 is 34.8 Å². The van der Waals surface area contributed by atoms with Crippen molar-refractivity contribution in [3.8, 4) is 11.5 Å². The average molecular weight is 488 g/mol. The molecule has 12 heteroatoms. The Labute approximate surface area is 190 Å². The van der Waals surface area contributed by atoms with E-state index in [1.54, 1.807) is 0 Å². The maximum absolute atomic E-state index is 12.8. The minimum Gasteiger partial charge on any atom is -0.469 e. The van der Waals surface area contributed by atoms with Gasteiger partial charge in [0.15, 0.2) is 5.78 Å². The molecule has 0 amide bonds. The zero-order valence-electron chi connectivity index (χ0n) is 17.3. The summed E-state index contributed by atoms with van der Waals surface area (Å²) in [6.45, 7) is 1.39. The first-order valence-corrected chi connectivity index (χ1v) is 9.67. The molecule has 0 saturated carbocycles. The molecule has 0 N–H and O–H groups in total. The third-order valence-electron chi connectivity index (χ3n) is 4.54. The minimum absolute atomic E-state index is 0.0980. The number of nitro benzene ring substituents is 1. The van der Waals surface area contributed by atoms with E-state index in [-0.39, 0.29) is 22.1 Å². The second-order valence-electron chi connectivity index (χ2n) is 6.93. The number of carbonyl (C=O) groups is 3. The van der Waals surface area contributed by atoms with Gasteiger partial charge in [0, 0.05) is 18.4 Å². The second-order valence-corrected chi connectivity index (χ2v) is 7.34. The third-order valence-corrected chi connectivity index (χ3v) is 4.83. The standard InChI is InChI=1S/C21H17ClF3NO7/c1-11(17(27)10-20(29)32-2)7-18(28)14-9-13(4-5-16(14)26(30)31)33-19-6-3-12(8-15(19)22)21(23,24)25/h3-6,8-9,11H,7,10H2,1-2H3. The number of benzene rings is 2. The van der Waals surface area contributed by atoms with Crippen molar-refractivity contribution in [2.45, 2.75) is 25.9 Å². The summed E-state index contributed by atoms with van der Waals surface area (Å²) in [7, 11) is 1.10. The predicted octanol–water partition coefficient (Wildman–Crippen LogP) is 5.40. The minimum atomic E-state index is -4.61. The molecular formula is C21H17ClF3NO7. The fourth-order valence-electron chi connectivity index (χ4n) is 2.74. The molecular weight excluding hydrogens is 471 g/mol. The van der Waals surface area contributed by atoms with Crippen LogP contribution in [-0.2, 0) is 20.5 Å². The number of hydrogen-bond acceptors (Lipinski definition) is 7. The van der Waals surface area contributed by atoms with Crippen LogP contribution in [0.25, 0.3) is 0 Å². The molecule has 176 valence electrons. The fourth-order valence-corrected chi connectivity index (χ4v) is 2.96. The van der Waals surface area contributed by atoms with Gasteiger partial charge in [-0.05, 0) is 30.3 Å². The number of methoxy groups -OCH3 is 1. The summed E-state index contributed by atoms with van der Waals surface area (Å²) in [4.78, 5) is 46.5. The second kappa shape index (κ2) is 10.4. The van der Waals surface area contributed by atoms with Gasteiger partial charge in [0.1, 0.15) is 23.7 Å². The van der Waals surface area contributed by atoms with Gasteiger partial charge in [-0.2, -0.15) is 13.2 Å². The molecule has 0 aliphatic carbocycles. The molecule has 8 nitrogen and oxygen atoms in total. The SMILES string of the molecule is COC(=O)CC(=O)C(C)CC(=O)c1cc(Oc2ccc(C(F)(F)F)cc2Cl)ccc1[N+](=O)[O-]. The maximum atomic E-state index is 12.8. The quantitative estimate of drug-likeness (QED) is 0.153. The van der Waals surface area contributed by atoms with E-state index in [1.807, 2.05) is 0 Å². The van der Waals surface area contributed by atoms with Gasteiger partial charge in [0.25, 0.3) is 5.69 Å². The number of nitrogens with zero attached hydrogens (tertiary/aromatic N) is 1. The van der Waals surface area contributed by atoms with Crippen molar-refractivity contribution < 1.29 is 42.0 Å². The molecule has 0 bridgehead atoms. The molecule has 2 aromatic rings. The molecule has 0 saturated heterocycles. The summed E-state index contributed by atoms with van der Waals surface area (Å²) >= 11 is 5.85. The Morgan fingerprint density at radius 3 is 2.36 bits per heavy atom. The van der Waals surface area contributed by atoms with Crippen LogP contribution in [0, 0.1) is 16.0 Å². The van der Waals surface area contributed by atoms with Gasteiger partial charge < -0.3 is 9.47 Å². The van der Waals surface area contributed by atoms with Crippen molar-refractivity contribution in [2.75, 3.05) is 7.11 Å². The van der Waals surface area contributed by atoms with Gasteiger partial charge in [-0.3, -0.25) is 24.5 Å². The topological polar surface area (TPSA) is 113 Å².